The van der Waals surface area contributed by atoms with Gasteiger partial charge in [-0.05, 0) is 29.9 Å². The van der Waals surface area contributed by atoms with Crippen molar-refractivity contribution >= 4 is 22.3 Å². The zero-order valence-electron chi connectivity index (χ0n) is 16.2. The first-order valence-electron chi connectivity index (χ1n) is 9.65. The van der Waals surface area contributed by atoms with Gasteiger partial charge in [0.25, 0.3) is 0 Å². The minimum absolute atomic E-state index is 0.891. The summed E-state index contributed by atoms with van der Waals surface area (Å²) in [6.07, 6.45) is 8.77. The molecule has 3 aromatic rings. The van der Waals surface area contributed by atoms with E-state index in [2.05, 4.69) is 89.3 Å². The van der Waals surface area contributed by atoms with Crippen LogP contribution in [0.5, 0.6) is 0 Å². The Bertz CT molecular complexity index is 1080. The second-order valence-corrected chi connectivity index (χ2v) is 6.83. The summed E-state index contributed by atoms with van der Waals surface area (Å²) in [5.74, 6) is 0.891. The molecule has 28 heavy (non-hydrogen) atoms. The molecule has 0 saturated heterocycles. The molecule has 0 atom stereocenters. The fourth-order valence-corrected chi connectivity index (χ4v) is 3.69. The quantitative estimate of drug-likeness (QED) is 0.380. The van der Waals surface area contributed by atoms with Crippen LogP contribution in [-0.4, -0.2) is 12.9 Å². The molecule has 0 spiro atoms. The number of aliphatic imine (C=N–C) groups is 1. The van der Waals surface area contributed by atoms with Gasteiger partial charge >= 0.3 is 0 Å². The zero-order chi connectivity index (χ0) is 19.3. The first-order valence-corrected chi connectivity index (χ1v) is 9.65. The Balaban J connectivity index is 1.92. The van der Waals surface area contributed by atoms with E-state index in [0.29, 0.717) is 0 Å². The number of benzene rings is 3. The van der Waals surface area contributed by atoms with Gasteiger partial charge in [0.1, 0.15) is 5.84 Å². The number of allylic oxidation sites excluding steroid dienone is 3. The lowest BCUT2D eigenvalue weighted by Gasteiger charge is -2.30. The molecule has 0 amide bonds. The standard InChI is InChI=1S/C26H24N2/c1-20(21-12-5-3-6-13-21)28(26(27-2)23-15-7-4-8-16-23)25-19-11-17-22-14-9-10-18-24(22)25/h4-5,7-19H,1,3,6H2,2H3. The van der Waals surface area contributed by atoms with Crippen LogP contribution in [0.25, 0.3) is 10.8 Å². The summed E-state index contributed by atoms with van der Waals surface area (Å²) >= 11 is 0. The predicted octanol–water partition coefficient (Wildman–Crippen LogP) is 6.51. The molecule has 138 valence electrons. The van der Waals surface area contributed by atoms with E-state index < -0.39 is 0 Å². The molecule has 0 radical (unpaired) electrons. The van der Waals surface area contributed by atoms with Gasteiger partial charge in [0.2, 0.25) is 0 Å². The van der Waals surface area contributed by atoms with Crippen LogP contribution in [0.2, 0.25) is 0 Å². The molecule has 0 fully saturated rings. The highest BCUT2D eigenvalue weighted by atomic mass is 15.2. The highest BCUT2D eigenvalue weighted by Crippen LogP contribution is 2.33. The molecular weight excluding hydrogens is 340 g/mol. The van der Waals surface area contributed by atoms with Gasteiger partial charge in [-0.25, -0.2) is 0 Å². The summed E-state index contributed by atoms with van der Waals surface area (Å²) in [5, 5.41) is 2.39. The van der Waals surface area contributed by atoms with E-state index in [4.69, 9.17) is 0 Å². The minimum atomic E-state index is 0.891. The lowest BCUT2D eigenvalue weighted by Crippen LogP contribution is -2.31. The maximum Gasteiger partial charge on any atom is 0.139 e. The number of nitrogens with zero attached hydrogens (tertiary/aromatic N) is 2. The van der Waals surface area contributed by atoms with Gasteiger partial charge in [0.05, 0.1) is 5.69 Å². The van der Waals surface area contributed by atoms with E-state index in [0.717, 1.165) is 41.2 Å². The molecule has 0 aromatic heterocycles. The van der Waals surface area contributed by atoms with Crippen LogP contribution in [0.1, 0.15) is 18.4 Å². The molecule has 2 nitrogen and oxygen atoms in total. The Morgan fingerprint density at radius 2 is 1.64 bits per heavy atom. The second-order valence-electron chi connectivity index (χ2n) is 6.83. The van der Waals surface area contributed by atoms with Crippen LogP contribution in [0.4, 0.5) is 5.69 Å². The maximum absolute atomic E-state index is 4.69. The summed E-state index contributed by atoms with van der Waals surface area (Å²) in [7, 11) is 1.85. The van der Waals surface area contributed by atoms with Crippen LogP contribution < -0.4 is 4.90 Å². The van der Waals surface area contributed by atoms with Gasteiger partial charge in [-0.1, -0.05) is 91.5 Å². The molecule has 0 N–H and O–H groups in total. The Morgan fingerprint density at radius 3 is 2.39 bits per heavy atom. The third kappa shape index (κ3) is 3.41. The fraction of sp³-hybridized carbons (Fsp3) is 0.115. The first kappa shape index (κ1) is 18.0. The van der Waals surface area contributed by atoms with Gasteiger partial charge in [0.15, 0.2) is 0 Å². The topological polar surface area (TPSA) is 15.6 Å². The highest BCUT2D eigenvalue weighted by molar-refractivity contribution is 6.16. The zero-order valence-corrected chi connectivity index (χ0v) is 16.2. The monoisotopic (exact) mass is 364 g/mol. The van der Waals surface area contributed by atoms with Crippen LogP contribution in [0.3, 0.4) is 0 Å². The van der Waals surface area contributed by atoms with E-state index in [1.807, 2.05) is 25.2 Å². The van der Waals surface area contributed by atoms with Crippen molar-refractivity contribution in [3.8, 4) is 0 Å². The Morgan fingerprint density at radius 1 is 0.893 bits per heavy atom. The second kappa shape index (κ2) is 8.10. The number of rotatable bonds is 4. The molecule has 0 unspecified atom stereocenters. The van der Waals surface area contributed by atoms with Crippen molar-refractivity contribution < 1.29 is 0 Å². The first-order chi connectivity index (χ1) is 13.8. The SMILES string of the molecule is C=C(C1=CCCC=C1)N(C(=NC)c1ccccc1)c1cccc2ccccc12. The Kier molecular flexibility index (Phi) is 5.20. The van der Waals surface area contributed by atoms with Crippen molar-refractivity contribution in [3.05, 3.63) is 114 Å². The number of anilines is 1. The van der Waals surface area contributed by atoms with Gasteiger partial charge in [-0.2, -0.15) is 0 Å². The third-order valence-corrected chi connectivity index (χ3v) is 5.06. The Hall–Kier alpha value is -3.39. The van der Waals surface area contributed by atoms with E-state index in [9.17, 15) is 0 Å². The lowest BCUT2D eigenvalue weighted by atomic mass is 10.0. The average Bonchev–Trinajstić information content (AvgIpc) is 2.78. The average molecular weight is 364 g/mol. The lowest BCUT2D eigenvalue weighted by molar-refractivity contribution is 1.01. The molecule has 4 rings (SSSR count). The summed E-state index contributed by atoms with van der Waals surface area (Å²) < 4.78 is 0. The molecule has 0 saturated carbocycles. The molecule has 0 aliphatic heterocycles. The number of hydrogen-bond donors (Lipinski definition) is 0. The van der Waals surface area contributed by atoms with E-state index in [1.165, 1.54) is 10.8 Å². The van der Waals surface area contributed by atoms with E-state index in [-0.39, 0.29) is 0 Å². The molecule has 2 heteroatoms. The number of fused-ring (bicyclic) bond motifs is 1. The summed E-state index contributed by atoms with van der Waals surface area (Å²) in [4.78, 5) is 6.88. The smallest absolute Gasteiger partial charge is 0.139 e. The van der Waals surface area contributed by atoms with Crippen molar-refractivity contribution in [2.24, 2.45) is 4.99 Å². The number of amidine groups is 1. The van der Waals surface area contributed by atoms with Crippen molar-refractivity contribution in [3.63, 3.8) is 0 Å². The van der Waals surface area contributed by atoms with Gasteiger partial charge in [-0.15, -0.1) is 0 Å². The van der Waals surface area contributed by atoms with Crippen LogP contribution >= 0.6 is 0 Å². The van der Waals surface area contributed by atoms with E-state index >= 15 is 0 Å². The van der Waals surface area contributed by atoms with Gasteiger partial charge in [0, 0.05) is 23.7 Å². The molecule has 1 aliphatic carbocycles. The van der Waals surface area contributed by atoms with Crippen LogP contribution in [-0.2, 0) is 0 Å². The van der Waals surface area contributed by atoms with E-state index in [1.54, 1.807) is 0 Å². The largest absolute Gasteiger partial charge is 0.294 e. The minimum Gasteiger partial charge on any atom is -0.294 e. The summed E-state index contributed by atoms with van der Waals surface area (Å²) in [6.45, 7) is 4.48. The number of hydrogen-bond acceptors (Lipinski definition) is 1. The molecular formula is C26H24N2. The fourth-order valence-electron chi connectivity index (χ4n) is 3.69. The summed E-state index contributed by atoms with van der Waals surface area (Å²) in [6, 6.07) is 25.2. The van der Waals surface area contributed by atoms with Gasteiger partial charge in [-0.3, -0.25) is 9.89 Å². The van der Waals surface area contributed by atoms with Crippen molar-refractivity contribution in [1.29, 1.82) is 0 Å². The molecule has 0 bridgehead atoms. The normalized spacial score (nSPS) is 14.0. The van der Waals surface area contributed by atoms with Crippen molar-refractivity contribution in [1.82, 2.24) is 0 Å². The van der Waals surface area contributed by atoms with Crippen LogP contribution in [0.15, 0.2) is 114 Å². The highest BCUT2D eigenvalue weighted by Gasteiger charge is 2.22. The van der Waals surface area contributed by atoms with Crippen LogP contribution in [0, 0.1) is 0 Å². The van der Waals surface area contributed by atoms with Gasteiger partial charge < -0.3 is 0 Å². The third-order valence-electron chi connectivity index (χ3n) is 5.06. The molecule has 1 aliphatic rings. The van der Waals surface area contributed by atoms with Crippen molar-refractivity contribution in [2.75, 3.05) is 11.9 Å². The molecule has 0 heterocycles. The van der Waals surface area contributed by atoms with Crippen molar-refractivity contribution in [2.45, 2.75) is 12.8 Å². The predicted molar refractivity (Wildman–Crippen MR) is 121 cm³/mol. The Labute approximate surface area is 166 Å². The summed E-state index contributed by atoms with van der Waals surface area (Å²) in [5.41, 5.74) is 4.25. The molecule has 3 aromatic carbocycles. The maximum atomic E-state index is 4.69.